The first-order valence-corrected chi connectivity index (χ1v) is 10.8. The highest BCUT2D eigenvalue weighted by molar-refractivity contribution is 7.80. The van der Waals surface area contributed by atoms with Crippen molar-refractivity contribution in [2.75, 3.05) is 45.9 Å². The second-order valence-electron chi connectivity index (χ2n) is 6.97. The normalized spacial score (nSPS) is 14.6. The average Bonchev–Trinajstić information content (AvgIpc) is 3.24. The molecule has 0 amide bonds. The van der Waals surface area contributed by atoms with E-state index in [9.17, 15) is 0 Å². The number of thiocarbonyl (C=S) groups is 1. The van der Waals surface area contributed by atoms with Gasteiger partial charge in [0.05, 0.1) is 26.0 Å². The predicted octanol–water partition coefficient (Wildman–Crippen LogP) is 3.31. The van der Waals surface area contributed by atoms with Crippen LogP contribution in [0, 0.1) is 0 Å². The maximum Gasteiger partial charge on any atom is 0.169 e. The van der Waals surface area contributed by atoms with E-state index in [0.29, 0.717) is 13.2 Å². The molecule has 1 aromatic heterocycles. The first-order chi connectivity index (χ1) is 14.2. The van der Waals surface area contributed by atoms with Crippen molar-refractivity contribution < 1.29 is 13.9 Å². The Morgan fingerprint density at radius 3 is 2.52 bits per heavy atom. The Morgan fingerprint density at radius 1 is 1.07 bits per heavy atom. The fourth-order valence-electron chi connectivity index (χ4n) is 3.41. The number of rotatable bonds is 9. The number of piperazine rings is 1. The van der Waals surface area contributed by atoms with Crippen LogP contribution in [0.1, 0.15) is 25.2 Å². The second-order valence-corrected chi connectivity index (χ2v) is 7.36. The summed E-state index contributed by atoms with van der Waals surface area (Å²) in [6, 6.07) is 10.1. The highest BCUT2D eigenvalue weighted by atomic mass is 32.1. The average molecular weight is 418 g/mol. The molecule has 158 valence electrons. The lowest BCUT2D eigenvalue weighted by Crippen LogP contribution is -2.51. The molecule has 1 aliphatic rings. The highest BCUT2D eigenvalue weighted by Gasteiger charge is 2.19. The molecule has 2 heterocycles. The lowest BCUT2D eigenvalue weighted by atomic mass is 10.1. The Balaban J connectivity index is 1.41. The minimum absolute atomic E-state index is 0.623. The maximum absolute atomic E-state index is 5.71. The lowest BCUT2D eigenvalue weighted by Gasteiger charge is -2.35. The maximum atomic E-state index is 5.71. The van der Waals surface area contributed by atoms with E-state index in [-0.39, 0.29) is 0 Å². The van der Waals surface area contributed by atoms with E-state index >= 15 is 0 Å². The third kappa shape index (κ3) is 6.37. The number of furan rings is 1. The van der Waals surface area contributed by atoms with Crippen LogP contribution in [0.3, 0.4) is 0 Å². The second kappa shape index (κ2) is 11.1. The number of hydrogen-bond acceptors (Lipinski definition) is 5. The van der Waals surface area contributed by atoms with Gasteiger partial charge in [-0.1, -0.05) is 6.07 Å². The molecular weight excluding hydrogens is 386 g/mol. The fraction of sp³-hybridized carbons (Fsp3) is 0.500. The van der Waals surface area contributed by atoms with Crippen LogP contribution in [0.4, 0.5) is 0 Å². The SMILES string of the molecule is CCOc1ccc(CCNC(=S)N2CCN(Cc3ccco3)CC2)cc1OCC. The van der Waals surface area contributed by atoms with Crippen molar-refractivity contribution in [2.24, 2.45) is 0 Å². The van der Waals surface area contributed by atoms with Crippen molar-refractivity contribution in [3.05, 3.63) is 47.9 Å². The Bertz CT molecular complexity index is 759. The largest absolute Gasteiger partial charge is 0.490 e. The van der Waals surface area contributed by atoms with Crippen LogP contribution in [0.2, 0.25) is 0 Å². The summed E-state index contributed by atoms with van der Waals surface area (Å²) in [4.78, 5) is 4.64. The molecule has 1 fully saturated rings. The van der Waals surface area contributed by atoms with Gasteiger partial charge in [-0.05, 0) is 62.3 Å². The summed E-state index contributed by atoms with van der Waals surface area (Å²) in [7, 11) is 0. The van der Waals surface area contributed by atoms with E-state index in [0.717, 1.165) is 68.1 Å². The number of benzene rings is 1. The van der Waals surface area contributed by atoms with E-state index < -0.39 is 0 Å². The number of hydrogen-bond donors (Lipinski definition) is 1. The zero-order chi connectivity index (χ0) is 20.5. The van der Waals surface area contributed by atoms with Crippen molar-refractivity contribution in [3.63, 3.8) is 0 Å². The molecule has 0 bridgehead atoms. The van der Waals surface area contributed by atoms with Gasteiger partial charge in [-0.15, -0.1) is 0 Å². The standard InChI is InChI=1S/C22H31N3O3S/c1-3-26-20-8-7-18(16-21(20)27-4-2)9-10-23-22(29)25-13-11-24(12-14-25)17-19-6-5-15-28-19/h5-8,15-16H,3-4,9-14,17H2,1-2H3,(H,23,29). The summed E-state index contributed by atoms with van der Waals surface area (Å²) in [6.45, 7) is 10.7. The van der Waals surface area contributed by atoms with Gasteiger partial charge in [0.2, 0.25) is 0 Å². The van der Waals surface area contributed by atoms with E-state index in [4.69, 9.17) is 26.1 Å². The molecule has 0 spiro atoms. The minimum Gasteiger partial charge on any atom is -0.490 e. The van der Waals surface area contributed by atoms with Crippen molar-refractivity contribution >= 4 is 17.3 Å². The van der Waals surface area contributed by atoms with Crippen LogP contribution < -0.4 is 14.8 Å². The number of ether oxygens (including phenoxy) is 2. The molecule has 1 N–H and O–H groups in total. The molecular formula is C22H31N3O3S. The van der Waals surface area contributed by atoms with Gasteiger partial charge in [0.15, 0.2) is 16.6 Å². The highest BCUT2D eigenvalue weighted by Crippen LogP contribution is 2.28. The minimum atomic E-state index is 0.623. The summed E-state index contributed by atoms with van der Waals surface area (Å²) in [5.41, 5.74) is 1.20. The van der Waals surface area contributed by atoms with E-state index in [1.165, 1.54) is 5.56 Å². The van der Waals surface area contributed by atoms with Gasteiger partial charge < -0.3 is 24.1 Å². The topological polar surface area (TPSA) is 50.1 Å². The van der Waals surface area contributed by atoms with Crippen molar-refractivity contribution in [3.8, 4) is 11.5 Å². The van der Waals surface area contributed by atoms with Crippen molar-refractivity contribution in [2.45, 2.75) is 26.8 Å². The van der Waals surface area contributed by atoms with Gasteiger partial charge in [0, 0.05) is 32.7 Å². The molecule has 0 aliphatic carbocycles. The van der Waals surface area contributed by atoms with Crippen LogP contribution in [0.5, 0.6) is 11.5 Å². The number of nitrogens with zero attached hydrogens (tertiary/aromatic N) is 2. The Hall–Kier alpha value is -2.25. The van der Waals surface area contributed by atoms with Crippen LogP contribution in [-0.2, 0) is 13.0 Å². The van der Waals surface area contributed by atoms with Gasteiger partial charge in [-0.3, -0.25) is 4.90 Å². The quantitative estimate of drug-likeness (QED) is 0.628. The Kier molecular flexibility index (Phi) is 8.19. The monoisotopic (exact) mass is 417 g/mol. The first kappa shape index (κ1) is 21.5. The zero-order valence-electron chi connectivity index (χ0n) is 17.4. The summed E-state index contributed by atoms with van der Waals surface area (Å²) in [6.07, 6.45) is 2.61. The molecule has 0 radical (unpaired) electrons. The van der Waals surface area contributed by atoms with Crippen LogP contribution in [-0.4, -0.2) is 60.8 Å². The molecule has 7 heteroatoms. The van der Waals surface area contributed by atoms with Crippen LogP contribution in [0.15, 0.2) is 41.0 Å². The molecule has 1 aliphatic heterocycles. The molecule has 29 heavy (non-hydrogen) atoms. The molecule has 1 saturated heterocycles. The van der Waals surface area contributed by atoms with Gasteiger partial charge in [0.1, 0.15) is 5.76 Å². The van der Waals surface area contributed by atoms with E-state index in [1.807, 2.05) is 32.0 Å². The van der Waals surface area contributed by atoms with Gasteiger partial charge >= 0.3 is 0 Å². The van der Waals surface area contributed by atoms with Gasteiger partial charge in [0.25, 0.3) is 0 Å². The van der Waals surface area contributed by atoms with Gasteiger partial charge in [-0.2, -0.15) is 0 Å². The summed E-state index contributed by atoms with van der Waals surface area (Å²) in [5, 5.41) is 4.23. The molecule has 1 aromatic carbocycles. The molecule has 0 saturated carbocycles. The zero-order valence-corrected chi connectivity index (χ0v) is 18.2. The summed E-state index contributed by atoms with van der Waals surface area (Å²) < 4.78 is 16.8. The smallest absolute Gasteiger partial charge is 0.169 e. The molecule has 6 nitrogen and oxygen atoms in total. The lowest BCUT2D eigenvalue weighted by molar-refractivity contribution is 0.164. The first-order valence-electron chi connectivity index (χ1n) is 10.4. The molecule has 0 unspecified atom stereocenters. The van der Waals surface area contributed by atoms with E-state index in [1.54, 1.807) is 6.26 Å². The van der Waals surface area contributed by atoms with Gasteiger partial charge in [-0.25, -0.2) is 0 Å². The van der Waals surface area contributed by atoms with Crippen molar-refractivity contribution in [1.82, 2.24) is 15.1 Å². The summed E-state index contributed by atoms with van der Waals surface area (Å²) >= 11 is 5.60. The fourth-order valence-corrected chi connectivity index (χ4v) is 3.69. The van der Waals surface area contributed by atoms with E-state index in [2.05, 4.69) is 27.2 Å². The van der Waals surface area contributed by atoms with Crippen LogP contribution in [0.25, 0.3) is 0 Å². The molecule has 0 atom stereocenters. The molecule has 3 rings (SSSR count). The Morgan fingerprint density at radius 2 is 1.83 bits per heavy atom. The third-order valence-corrected chi connectivity index (χ3v) is 5.32. The predicted molar refractivity (Wildman–Crippen MR) is 119 cm³/mol. The Labute approximate surface area is 178 Å². The molecule has 2 aromatic rings. The number of nitrogens with one attached hydrogen (secondary N) is 1. The summed E-state index contributed by atoms with van der Waals surface area (Å²) in [5.74, 6) is 2.62. The van der Waals surface area contributed by atoms with Crippen molar-refractivity contribution in [1.29, 1.82) is 0 Å². The third-order valence-electron chi connectivity index (χ3n) is 4.92. The van der Waals surface area contributed by atoms with Crippen LogP contribution >= 0.6 is 12.2 Å².